The molecule has 20 heteroatoms. The van der Waals surface area contributed by atoms with Gasteiger partial charge in [0.15, 0.2) is 0 Å². The predicted molar refractivity (Wildman–Crippen MR) is 293 cm³/mol. The predicted octanol–water partition coefficient (Wildman–Crippen LogP) is 5.84. The van der Waals surface area contributed by atoms with E-state index in [0.717, 1.165) is 22.1 Å². The van der Waals surface area contributed by atoms with Crippen molar-refractivity contribution in [2.24, 2.45) is 23.7 Å². The first-order chi connectivity index (χ1) is 36.9. The van der Waals surface area contributed by atoms with Crippen LogP contribution in [0.2, 0.25) is 0 Å². The number of ether oxygens (including phenoxy) is 5. The van der Waals surface area contributed by atoms with Crippen molar-refractivity contribution >= 4 is 46.8 Å². The topological polar surface area (TPSA) is 208 Å². The van der Waals surface area contributed by atoms with E-state index in [1.165, 1.54) is 11.3 Å². The molecule has 1 fully saturated rings. The molecule has 9 atom stereocenters. The molecule has 77 heavy (non-hydrogen) atoms. The van der Waals surface area contributed by atoms with Gasteiger partial charge in [-0.15, -0.1) is 16.4 Å². The van der Waals surface area contributed by atoms with Crippen molar-refractivity contribution in [1.82, 2.24) is 35.4 Å². The van der Waals surface area contributed by atoms with Gasteiger partial charge < -0.3 is 44.1 Å². The van der Waals surface area contributed by atoms with Gasteiger partial charge in [-0.3, -0.25) is 38.5 Å². The van der Waals surface area contributed by atoms with Gasteiger partial charge >= 0.3 is 0 Å². The minimum atomic E-state index is -0.857. The fourth-order valence-electron chi connectivity index (χ4n) is 10.4. The number of carbonyl (C=O) groups is 6. The summed E-state index contributed by atoms with van der Waals surface area (Å²) < 4.78 is 29.2. The SMILES string of the molecule is CC[C@H](C)[C@@H]([C@@H](CC(=O)N1CCC[C@H]1[C@H](OC)[C@@H](C)C(=O)N[C@@H](Cc1ccccc1)c1nccs1)OC)N(C)C(=O)[C@@H](NC(=O)[C@H](C(C)C)N(C)CCOCCOCCOCCON1C(=O)c2ccccc2C1=O)C(C)C. The molecule has 2 aliphatic rings. The lowest BCUT2D eigenvalue weighted by molar-refractivity contribution is -0.148. The first-order valence-electron chi connectivity index (χ1n) is 27.1. The van der Waals surface area contributed by atoms with Crippen LogP contribution in [0.3, 0.4) is 0 Å². The van der Waals surface area contributed by atoms with Crippen LogP contribution < -0.4 is 10.6 Å². The molecule has 2 N–H and O–H groups in total. The molecule has 3 heterocycles. The highest BCUT2D eigenvalue weighted by Gasteiger charge is 2.44. The second-order valence-corrected chi connectivity index (χ2v) is 21.7. The van der Waals surface area contributed by atoms with Gasteiger partial charge in [0, 0.05) is 45.9 Å². The highest BCUT2D eigenvalue weighted by Crippen LogP contribution is 2.31. The van der Waals surface area contributed by atoms with Crippen LogP contribution in [0, 0.1) is 23.7 Å². The summed E-state index contributed by atoms with van der Waals surface area (Å²) in [4.78, 5) is 97.6. The van der Waals surface area contributed by atoms with E-state index in [-0.39, 0.29) is 79.7 Å². The van der Waals surface area contributed by atoms with Crippen LogP contribution in [-0.2, 0) is 54.1 Å². The van der Waals surface area contributed by atoms with Crippen molar-refractivity contribution in [2.75, 3.05) is 87.7 Å². The second-order valence-electron chi connectivity index (χ2n) is 20.7. The van der Waals surface area contributed by atoms with Gasteiger partial charge in [0.2, 0.25) is 23.6 Å². The van der Waals surface area contributed by atoms with E-state index in [4.69, 9.17) is 28.5 Å². The zero-order valence-corrected chi connectivity index (χ0v) is 48.0. The number of nitrogens with one attached hydrogen (secondary N) is 2. The van der Waals surface area contributed by atoms with E-state index >= 15 is 0 Å². The van der Waals surface area contributed by atoms with E-state index in [2.05, 4.69) is 15.6 Å². The molecule has 0 saturated carbocycles. The monoisotopic (exact) mass is 1090 g/mol. The van der Waals surface area contributed by atoms with Crippen LogP contribution in [0.25, 0.3) is 0 Å². The Morgan fingerprint density at radius 3 is 1.95 bits per heavy atom. The molecule has 5 rings (SSSR count). The number of hydrogen-bond donors (Lipinski definition) is 2. The second kappa shape index (κ2) is 31.4. The first-order valence-corrected chi connectivity index (χ1v) is 28.0. The average molecular weight is 1090 g/mol. The number of fused-ring (bicyclic) bond motifs is 1. The number of benzene rings is 2. The summed E-state index contributed by atoms with van der Waals surface area (Å²) in [6, 6.07) is 13.9. The molecule has 1 aromatic heterocycles. The number of likely N-dealkylation sites (tertiary alicyclic amines) is 1. The van der Waals surface area contributed by atoms with E-state index in [9.17, 15) is 28.8 Å². The molecule has 0 bridgehead atoms. The maximum atomic E-state index is 14.7. The lowest BCUT2D eigenvalue weighted by Gasteiger charge is -2.41. The van der Waals surface area contributed by atoms with Gasteiger partial charge in [0.05, 0.1) is 106 Å². The molecule has 19 nitrogen and oxygen atoms in total. The third kappa shape index (κ3) is 17.2. The van der Waals surface area contributed by atoms with Crippen LogP contribution in [0.4, 0.5) is 0 Å². The summed E-state index contributed by atoms with van der Waals surface area (Å²) in [6.45, 7) is 16.4. The van der Waals surface area contributed by atoms with Crippen LogP contribution in [0.1, 0.15) is 111 Å². The maximum absolute atomic E-state index is 14.7. The number of rotatable bonds is 34. The summed E-state index contributed by atoms with van der Waals surface area (Å²) >= 11 is 1.49. The Morgan fingerprint density at radius 1 is 0.779 bits per heavy atom. The standard InChI is InChI=1S/C57H85N7O12S/c1-12-39(6)50(46(71-10)36-47(65)63-25-18-23-45(63)51(72-11)40(7)52(66)59-44(54-58-24-34-77-54)35-41-19-14-13-15-20-41)62(9)57(70)48(37(2)3)60-53(67)49(38(4)5)61(8)26-27-73-28-29-74-30-31-75-32-33-76-64-55(68)42-21-16-17-22-43(42)56(64)69/h13-17,19-22,24,34,37-40,44-46,48-51H,12,18,23,25-33,35-36H2,1-11H3,(H,59,66)(H,60,67)/t39-,40+,44-,45-,46+,48-,49-,50-,51+/m0/s1. The number of carbonyl (C=O) groups excluding carboxylic acids is 6. The zero-order chi connectivity index (χ0) is 56.2. The number of likely N-dealkylation sites (N-methyl/N-ethyl adjacent to an activating group) is 2. The number of methoxy groups -OCH3 is 2. The lowest BCUT2D eigenvalue weighted by Crippen LogP contribution is -2.60. The van der Waals surface area contributed by atoms with Gasteiger partial charge in [-0.2, -0.15) is 0 Å². The van der Waals surface area contributed by atoms with Gasteiger partial charge in [-0.25, -0.2) is 4.98 Å². The maximum Gasteiger partial charge on any atom is 0.285 e. The molecule has 6 amide bonds. The van der Waals surface area contributed by atoms with Crippen molar-refractivity contribution in [2.45, 2.75) is 123 Å². The van der Waals surface area contributed by atoms with Gasteiger partial charge in [-0.05, 0) is 61.8 Å². The Labute approximate surface area is 459 Å². The molecular formula is C57H85N7O12S. The number of nitrogens with zero attached hydrogens (tertiary/aromatic N) is 5. The van der Waals surface area contributed by atoms with Gasteiger partial charge in [0.25, 0.3) is 11.8 Å². The summed E-state index contributed by atoms with van der Waals surface area (Å²) in [5, 5.41) is 9.81. The largest absolute Gasteiger partial charge is 0.379 e. The minimum Gasteiger partial charge on any atom is -0.379 e. The number of hydroxylamine groups is 2. The third-order valence-corrected chi connectivity index (χ3v) is 15.6. The van der Waals surface area contributed by atoms with Crippen LogP contribution in [0.15, 0.2) is 66.2 Å². The molecule has 2 aliphatic heterocycles. The average Bonchev–Trinajstić information content (AvgIpc) is 4.19. The number of thiazole rings is 1. The van der Waals surface area contributed by atoms with Crippen molar-refractivity contribution in [3.8, 4) is 0 Å². The number of hydrogen-bond acceptors (Lipinski definition) is 15. The molecule has 0 spiro atoms. The minimum absolute atomic E-state index is 0.00250. The van der Waals surface area contributed by atoms with Crippen LogP contribution >= 0.6 is 11.3 Å². The van der Waals surface area contributed by atoms with Crippen molar-refractivity contribution in [3.63, 3.8) is 0 Å². The summed E-state index contributed by atoms with van der Waals surface area (Å²) in [6.07, 6.45) is 3.19. The van der Waals surface area contributed by atoms with Gasteiger partial charge in [-0.1, -0.05) is 97.4 Å². The lowest BCUT2D eigenvalue weighted by atomic mass is 9.89. The van der Waals surface area contributed by atoms with E-state index < -0.39 is 48.1 Å². The molecule has 0 radical (unpaired) electrons. The Morgan fingerprint density at radius 2 is 1.39 bits per heavy atom. The molecule has 0 aliphatic carbocycles. The smallest absolute Gasteiger partial charge is 0.285 e. The normalized spacial score (nSPS) is 17.8. The summed E-state index contributed by atoms with van der Waals surface area (Å²) in [7, 11) is 6.74. The van der Waals surface area contributed by atoms with Crippen molar-refractivity contribution < 1.29 is 57.3 Å². The molecule has 2 aromatic carbocycles. The highest BCUT2D eigenvalue weighted by atomic mass is 32.1. The van der Waals surface area contributed by atoms with E-state index in [1.807, 2.05) is 101 Å². The van der Waals surface area contributed by atoms with Crippen LogP contribution in [0.5, 0.6) is 0 Å². The summed E-state index contributed by atoms with van der Waals surface area (Å²) in [5.74, 6) is -2.88. The Balaban J connectivity index is 1.09. The fraction of sp³-hybridized carbons (Fsp3) is 0.632. The van der Waals surface area contributed by atoms with E-state index in [0.29, 0.717) is 69.9 Å². The zero-order valence-electron chi connectivity index (χ0n) is 47.1. The Kier molecular flexibility index (Phi) is 25.6. The van der Waals surface area contributed by atoms with Crippen molar-refractivity contribution in [1.29, 1.82) is 0 Å². The first kappa shape index (κ1) is 62.7. The molecule has 1 saturated heterocycles. The molecule has 426 valence electrons. The number of aromatic nitrogens is 1. The summed E-state index contributed by atoms with van der Waals surface area (Å²) in [5.41, 5.74) is 1.70. The van der Waals surface area contributed by atoms with Gasteiger partial charge in [0.1, 0.15) is 11.0 Å². The number of imide groups is 1. The Bertz CT molecular complexity index is 2290. The Hall–Kier alpha value is -5.19. The highest BCUT2D eigenvalue weighted by molar-refractivity contribution is 7.09. The van der Waals surface area contributed by atoms with E-state index in [1.54, 1.807) is 56.6 Å². The molecule has 0 unspecified atom stereocenters. The molecular weight excluding hydrogens is 1010 g/mol. The fourth-order valence-corrected chi connectivity index (χ4v) is 11.1. The van der Waals surface area contributed by atoms with Crippen LogP contribution in [-0.4, -0.2) is 184 Å². The van der Waals surface area contributed by atoms with Crippen molar-refractivity contribution in [3.05, 3.63) is 87.9 Å². The quantitative estimate of drug-likeness (QED) is 0.0533. The third-order valence-electron chi connectivity index (χ3n) is 14.7. The number of amides is 6. The molecule has 3 aromatic rings.